The van der Waals surface area contributed by atoms with Gasteiger partial charge in [-0.05, 0) is 49.4 Å². The average Bonchev–Trinajstić information content (AvgIpc) is 2.55. The Labute approximate surface area is 158 Å². The first-order valence-electron chi connectivity index (χ1n) is 8.89. The van der Waals surface area contributed by atoms with Gasteiger partial charge in [0.1, 0.15) is 0 Å². The van der Waals surface area contributed by atoms with Crippen LogP contribution < -0.4 is 10.6 Å². The van der Waals surface area contributed by atoms with Crippen LogP contribution in [-0.2, 0) is 14.9 Å². The Morgan fingerprint density at radius 1 is 1.24 bits per heavy atom. The lowest BCUT2D eigenvalue weighted by molar-refractivity contribution is -0.136. The standard InChI is InChI=1S/C20H32N2O2.ClH/c1-15(16-6-8-17(9-7-16)19(2,3)4)22-18(23)20(14-24-5)10-12-21-13-11-20;/h6-9,15,21H,10-14H2,1-5H3,(H,22,23);1H. The Kier molecular flexibility index (Phi) is 7.91. The van der Waals surface area contributed by atoms with E-state index in [-0.39, 0.29) is 29.8 Å². The van der Waals surface area contributed by atoms with Crippen molar-refractivity contribution in [1.82, 2.24) is 10.6 Å². The second-order valence-corrected chi connectivity index (χ2v) is 8.03. The Balaban J connectivity index is 0.00000312. The summed E-state index contributed by atoms with van der Waals surface area (Å²) in [6, 6.07) is 8.56. The van der Waals surface area contributed by atoms with Crippen molar-refractivity contribution in [3.8, 4) is 0 Å². The van der Waals surface area contributed by atoms with Gasteiger partial charge in [0.05, 0.1) is 18.1 Å². The smallest absolute Gasteiger partial charge is 0.229 e. The van der Waals surface area contributed by atoms with Crippen LogP contribution in [-0.4, -0.2) is 32.7 Å². The molecule has 1 aromatic rings. The molecule has 1 amide bonds. The van der Waals surface area contributed by atoms with Crippen molar-refractivity contribution in [3.05, 3.63) is 35.4 Å². The second kappa shape index (κ2) is 9.02. The zero-order valence-corrected chi connectivity index (χ0v) is 17.0. The number of hydrogen-bond acceptors (Lipinski definition) is 3. The molecule has 2 N–H and O–H groups in total. The quantitative estimate of drug-likeness (QED) is 0.834. The molecular formula is C20H33ClN2O2. The molecule has 0 bridgehead atoms. The minimum Gasteiger partial charge on any atom is -0.384 e. The number of nitrogens with one attached hydrogen (secondary N) is 2. The van der Waals surface area contributed by atoms with E-state index in [0.717, 1.165) is 31.5 Å². The first-order valence-corrected chi connectivity index (χ1v) is 8.89. The van der Waals surface area contributed by atoms with Crippen molar-refractivity contribution in [3.63, 3.8) is 0 Å². The third-order valence-corrected chi connectivity index (χ3v) is 5.09. The summed E-state index contributed by atoms with van der Waals surface area (Å²) in [7, 11) is 1.67. The zero-order valence-electron chi connectivity index (χ0n) is 16.1. The molecule has 0 saturated carbocycles. The number of rotatable bonds is 5. The number of halogens is 1. The van der Waals surface area contributed by atoms with Gasteiger partial charge < -0.3 is 15.4 Å². The molecule has 142 valence electrons. The van der Waals surface area contributed by atoms with Gasteiger partial charge in [-0.3, -0.25) is 4.79 Å². The van der Waals surface area contributed by atoms with E-state index in [1.807, 2.05) is 6.92 Å². The van der Waals surface area contributed by atoms with Gasteiger partial charge in [-0.25, -0.2) is 0 Å². The van der Waals surface area contributed by atoms with Gasteiger partial charge in [0.2, 0.25) is 5.91 Å². The van der Waals surface area contributed by atoms with Crippen molar-refractivity contribution in [2.75, 3.05) is 26.8 Å². The molecule has 1 aliphatic heterocycles. The molecular weight excluding hydrogens is 336 g/mol. The summed E-state index contributed by atoms with van der Waals surface area (Å²) in [4.78, 5) is 12.9. The number of carbonyl (C=O) groups excluding carboxylic acids is 1. The van der Waals surface area contributed by atoms with E-state index in [1.165, 1.54) is 5.56 Å². The van der Waals surface area contributed by atoms with Crippen LogP contribution in [0.25, 0.3) is 0 Å². The van der Waals surface area contributed by atoms with E-state index < -0.39 is 5.41 Å². The minimum absolute atomic E-state index is 0. The molecule has 0 spiro atoms. The maximum atomic E-state index is 12.9. The fraction of sp³-hybridized carbons (Fsp3) is 0.650. The molecule has 1 atom stereocenters. The molecule has 0 aromatic heterocycles. The number of benzene rings is 1. The third kappa shape index (κ3) is 5.44. The SMILES string of the molecule is COCC1(C(=O)NC(C)c2ccc(C(C)(C)C)cc2)CCNCC1.Cl. The van der Waals surface area contributed by atoms with Crippen LogP contribution in [0.15, 0.2) is 24.3 Å². The first kappa shape index (κ1) is 21.9. The highest BCUT2D eigenvalue weighted by molar-refractivity contribution is 5.85. The molecule has 5 heteroatoms. The predicted molar refractivity (Wildman–Crippen MR) is 105 cm³/mol. The summed E-state index contributed by atoms with van der Waals surface area (Å²) in [5.41, 5.74) is 2.18. The molecule has 25 heavy (non-hydrogen) atoms. The average molecular weight is 369 g/mol. The molecule has 0 aliphatic carbocycles. The molecule has 1 unspecified atom stereocenters. The van der Waals surface area contributed by atoms with Gasteiger partial charge in [-0.15, -0.1) is 12.4 Å². The topological polar surface area (TPSA) is 50.4 Å². The maximum absolute atomic E-state index is 12.9. The van der Waals surface area contributed by atoms with E-state index in [0.29, 0.717) is 6.61 Å². The fourth-order valence-electron chi connectivity index (χ4n) is 3.32. The lowest BCUT2D eigenvalue weighted by Crippen LogP contribution is -2.50. The predicted octanol–water partition coefficient (Wildman–Crippen LogP) is 3.60. The van der Waals surface area contributed by atoms with Crippen molar-refractivity contribution in [2.45, 2.75) is 52.0 Å². The fourth-order valence-corrected chi connectivity index (χ4v) is 3.32. The van der Waals surface area contributed by atoms with Crippen LogP contribution in [0.2, 0.25) is 0 Å². The minimum atomic E-state index is -0.403. The van der Waals surface area contributed by atoms with Gasteiger partial charge in [0.25, 0.3) is 0 Å². The maximum Gasteiger partial charge on any atom is 0.229 e. The monoisotopic (exact) mass is 368 g/mol. The van der Waals surface area contributed by atoms with Crippen LogP contribution in [0.4, 0.5) is 0 Å². The number of amides is 1. The lowest BCUT2D eigenvalue weighted by atomic mass is 9.78. The van der Waals surface area contributed by atoms with Crippen molar-refractivity contribution in [1.29, 1.82) is 0 Å². The molecule has 1 aliphatic rings. The summed E-state index contributed by atoms with van der Waals surface area (Å²) in [6.07, 6.45) is 1.64. The van der Waals surface area contributed by atoms with Crippen LogP contribution >= 0.6 is 12.4 Å². The first-order chi connectivity index (χ1) is 11.3. The van der Waals surface area contributed by atoms with E-state index in [9.17, 15) is 4.79 Å². The summed E-state index contributed by atoms with van der Waals surface area (Å²) < 4.78 is 5.36. The number of carbonyl (C=O) groups is 1. The number of hydrogen-bond donors (Lipinski definition) is 2. The lowest BCUT2D eigenvalue weighted by Gasteiger charge is -2.36. The van der Waals surface area contributed by atoms with Crippen LogP contribution in [0, 0.1) is 5.41 Å². The second-order valence-electron chi connectivity index (χ2n) is 8.03. The summed E-state index contributed by atoms with van der Waals surface area (Å²) in [5.74, 6) is 0.109. The van der Waals surface area contributed by atoms with Crippen LogP contribution in [0.1, 0.15) is 57.7 Å². The molecule has 1 saturated heterocycles. The molecule has 2 rings (SSSR count). The van der Waals surface area contributed by atoms with Gasteiger partial charge in [-0.2, -0.15) is 0 Å². The van der Waals surface area contributed by atoms with Crippen molar-refractivity contribution < 1.29 is 9.53 Å². The van der Waals surface area contributed by atoms with Crippen LogP contribution in [0.3, 0.4) is 0 Å². The number of piperidine rings is 1. The highest BCUT2D eigenvalue weighted by Crippen LogP contribution is 2.31. The summed E-state index contributed by atoms with van der Waals surface area (Å²) >= 11 is 0. The summed E-state index contributed by atoms with van der Waals surface area (Å²) in [5, 5.41) is 6.53. The highest BCUT2D eigenvalue weighted by Gasteiger charge is 2.40. The molecule has 0 radical (unpaired) electrons. The van der Waals surface area contributed by atoms with E-state index in [2.05, 4.69) is 55.7 Å². The van der Waals surface area contributed by atoms with Gasteiger partial charge in [0, 0.05) is 7.11 Å². The van der Waals surface area contributed by atoms with Gasteiger partial charge in [0.15, 0.2) is 0 Å². The van der Waals surface area contributed by atoms with Crippen molar-refractivity contribution in [2.24, 2.45) is 5.41 Å². The van der Waals surface area contributed by atoms with E-state index >= 15 is 0 Å². The van der Waals surface area contributed by atoms with Gasteiger partial charge in [-0.1, -0.05) is 45.0 Å². The summed E-state index contributed by atoms with van der Waals surface area (Å²) in [6.45, 7) is 10.9. The molecule has 4 nitrogen and oxygen atoms in total. The molecule has 1 aromatic carbocycles. The largest absolute Gasteiger partial charge is 0.384 e. The van der Waals surface area contributed by atoms with Crippen molar-refractivity contribution >= 4 is 18.3 Å². The van der Waals surface area contributed by atoms with E-state index in [4.69, 9.17) is 4.74 Å². The van der Waals surface area contributed by atoms with Gasteiger partial charge >= 0.3 is 0 Å². The third-order valence-electron chi connectivity index (χ3n) is 5.09. The number of ether oxygens (including phenoxy) is 1. The Morgan fingerprint density at radius 2 is 1.80 bits per heavy atom. The van der Waals surface area contributed by atoms with Crippen LogP contribution in [0.5, 0.6) is 0 Å². The Hall–Kier alpha value is -1.10. The van der Waals surface area contributed by atoms with E-state index in [1.54, 1.807) is 7.11 Å². The highest BCUT2D eigenvalue weighted by atomic mass is 35.5. The zero-order chi connectivity index (χ0) is 17.8. The molecule has 1 heterocycles. The Bertz CT molecular complexity index is 540. The number of methoxy groups -OCH3 is 1. The molecule has 1 fully saturated rings. The normalized spacial score (nSPS) is 18.1. The Morgan fingerprint density at radius 3 is 2.28 bits per heavy atom.